The maximum absolute atomic E-state index is 10.2. The van der Waals surface area contributed by atoms with Crippen molar-refractivity contribution in [2.24, 2.45) is 0 Å². The van der Waals surface area contributed by atoms with Crippen molar-refractivity contribution in [3.05, 3.63) is 86.5 Å². The molecule has 0 aliphatic carbocycles. The molecule has 3 rings (SSSR count). The van der Waals surface area contributed by atoms with Gasteiger partial charge >= 0.3 is 0 Å². The summed E-state index contributed by atoms with van der Waals surface area (Å²) in [5, 5.41) is 30.6. The van der Waals surface area contributed by atoms with E-state index in [1.165, 1.54) is 5.56 Å². The Morgan fingerprint density at radius 2 is 0.767 bits per heavy atom. The molecule has 0 heterocycles. The smallest absolute Gasteiger partial charge is 0.118 e. The van der Waals surface area contributed by atoms with Crippen LogP contribution in [0.1, 0.15) is 68.8 Å². The van der Waals surface area contributed by atoms with Gasteiger partial charge in [0.2, 0.25) is 0 Å². The van der Waals surface area contributed by atoms with Crippen molar-refractivity contribution in [3.8, 4) is 17.2 Å². The molecule has 0 saturated heterocycles. The van der Waals surface area contributed by atoms with Gasteiger partial charge in [0, 0.05) is 5.92 Å². The van der Waals surface area contributed by atoms with E-state index in [2.05, 4.69) is 25.1 Å². The fraction of sp³-hybridized carbons (Fsp3) is 0.333. The van der Waals surface area contributed by atoms with Crippen molar-refractivity contribution >= 4 is 0 Å². The minimum absolute atomic E-state index is 0.0336. The van der Waals surface area contributed by atoms with Crippen LogP contribution in [0.25, 0.3) is 0 Å². The molecule has 3 nitrogen and oxygen atoms in total. The van der Waals surface area contributed by atoms with Gasteiger partial charge in [0.25, 0.3) is 0 Å². The maximum Gasteiger partial charge on any atom is 0.118 e. The highest BCUT2D eigenvalue weighted by Crippen LogP contribution is 2.44. The average molecular weight is 405 g/mol. The van der Waals surface area contributed by atoms with E-state index in [1.807, 2.05) is 59.7 Å². The summed E-state index contributed by atoms with van der Waals surface area (Å²) in [6.45, 7) is 14.1. The van der Waals surface area contributed by atoms with Crippen LogP contribution in [0.3, 0.4) is 0 Å². The molecule has 0 amide bonds. The molecule has 158 valence electrons. The fourth-order valence-electron chi connectivity index (χ4n) is 4.52. The van der Waals surface area contributed by atoms with Crippen molar-refractivity contribution in [1.82, 2.24) is 0 Å². The first-order valence-electron chi connectivity index (χ1n) is 10.4. The van der Waals surface area contributed by atoms with E-state index in [0.29, 0.717) is 17.2 Å². The molecule has 3 N–H and O–H groups in total. The van der Waals surface area contributed by atoms with E-state index in [-0.39, 0.29) is 11.8 Å². The number of hydrogen-bond acceptors (Lipinski definition) is 3. The molecule has 30 heavy (non-hydrogen) atoms. The largest absolute Gasteiger partial charge is 0.508 e. The van der Waals surface area contributed by atoms with Gasteiger partial charge in [0.1, 0.15) is 17.2 Å². The van der Waals surface area contributed by atoms with Crippen LogP contribution in [-0.2, 0) is 0 Å². The second-order valence-corrected chi connectivity index (χ2v) is 8.75. The average Bonchev–Trinajstić information content (AvgIpc) is 2.66. The Balaban J connectivity index is 2.30. The van der Waals surface area contributed by atoms with Crippen LogP contribution in [0.15, 0.2) is 36.4 Å². The van der Waals surface area contributed by atoms with Crippen molar-refractivity contribution < 1.29 is 15.3 Å². The molecular weight excluding hydrogens is 372 g/mol. The molecule has 1 unspecified atom stereocenters. The molecule has 3 aromatic carbocycles. The normalized spacial score (nSPS) is 12.4. The molecule has 3 heteroatoms. The maximum atomic E-state index is 10.2. The highest BCUT2D eigenvalue weighted by molar-refractivity contribution is 5.53. The lowest BCUT2D eigenvalue weighted by Crippen LogP contribution is -2.15. The van der Waals surface area contributed by atoms with Gasteiger partial charge in [-0.05, 0) is 116 Å². The van der Waals surface area contributed by atoms with Crippen LogP contribution in [0.5, 0.6) is 17.2 Å². The number of benzene rings is 3. The number of phenols is 3. The van der Waals surface area contributed by atoms with Crippen LogP contribution in [0, 0.1) is 41.5 Å². The Morgan fingerprint density at radius 3 is 1.13 bits per heavy atom. The minimum atomic E-state index is 0.0336. The van der Waals surface area contributed by atoms with Gasteiger partial charge in [-0.15, -0.1) is 0 Å². The number of phenolic OH excluding ortho intramolecular Hbond substituents is 3. The molecule has 0 spiro atoms. The monoisotopic (exact) mass is 404 g/mol. The standard InChI is InChI=1S/C27H32O3/c1-14-11-24(28)17(4)8-21(14)20(7)27(22-9-18(5)25(29)12-15(22)2)23-10-19(6)26(30)13-16(23)3/h8-13,20,27-30H,1-7H3. The first-order valence-corrected chi connectivity index (χ1v) is 10.4. The van der Waals surface area contributed by atoms with Crippen molar-refractivity contribution in [2.75, 3.05) is 0 Å². The summed E-state index contributed by atoms with van der Waals surface area (Å²) in [6.07, 6.45) is 0. The van der Waals surface area contributed by atoms with E-state index < -0.39 is 0 Å². The molecule has 1 atom stereocenters. The number of aryl methyl sites for hydroxylation is 6. The molecule has 0 saturated carbocycles. The van der Waals surface area contributed by atoms with Crippen molar-refractivity contribution in [2.45, 2.75) is 60.3 Å². The van der Waals surface area contributed by atoms with E-state index in [9.17, 15) is 15.3 Å². The minimum Gasteiger partial charge on any atom is -0.508 e. The molecule has 0 fully saturated rings. The van der Waals surface area contributed by atoms with Gasteiger partial charge in [-0.1, -0.05) is 25.1 Å². The Bertz CT molecular complexity index is 1050. The molecule has 0 aliphatic heterocycles. The van der Waals surface area contributed by atoms with E-state index in [4.69, 9.17) is 0 Å². The Hall–Kier alpha value is -2.94. The third-order valence-electron chi connectivity index (χ3n) is 6.41. The van der Waals surface area contributed by atoms with Crippen LogP contribution in [-0.4, -0.2) is 15.3 Å². The highest BCUT2D eigenvalue weighted by atomic mass is 16.3. The number of hydrogen-bond donors (Lipinski definition) is 3. The van der Waals surface area contributed by atoms with E-state index >= 15 is 0 Å². The van der Waals surface area contributed by atoms with Gasteiger partial charge in [-0.2, -0.15) is 0 Å². The zero-order valence-electron chi connectivity index (χ0n) is 19.0. The summed E-state index contributed by atoms with van der Waals surface area (Å²) in [5.74, 6) is 1.07. The zero-order chi connectivity index (χ0) is 22.3. The predicted molar refractivity (Wildman–Crippen MR) is 123 cm³/mol. The van der Waals surface area contributed by atoms with E-state index in [1.54, 1.807) is 0 Å². The van der Waals surface area contributed by atoms with Gasteiger partial charge in [0.05, 0.1) is 0 Å². The van der Waals surface area contributed by atoms with Crippen LogP contribution in [0.4, 0.5) is 0 Å². The molecule has 3 aromatic rings. The molecule has 0 bridgehead atoms. The fourth-order valence-corrected chi connectivity index (χ4v) is 4.52. The second kappa shape index (κ2) is 8.06. The number of aromatic hydroxyl groups is 3. The summed E-state index contributed by atoms with van der Waals surface area (Å²) in [6, 6.07) is 11.7. The quantitative estimate of drug-likeness (QED) is 0.460. The van der Waals surface area contributed by atoms with E-state index in [0.717, 1.165) is 44.5 Å². The Morgan fingerprint density at radius 1 is 0.467 bits per heavy atom. The summed E-state index contributed by atoms with van der Waals surface area (Å²) in [5.41, 5.74) is 9.19. The first-order chi connectivity index (χ1) is 14.0. The topological polar surface area (TPSA) is 60.7 Å². The first kappa shape index (κ1) is 21.8. The van der Waals surface area contributed by atoms with Gasteiger partial charge < -0.3 is 15.3 Å². The highest BCUT2D eigenvalue weighted by Gasteiger charge is 2.28. The summed E-state index contributed by atoms with van der Waals surface area (Å²) >= 11 is 0. The van der Waals surface area contributed by atoms with Crippen LogP contribution >= 0.6 is 0 Å². The molecule has 0 aliphatic rings. The second-order valence-electron chi connectivity index (χ2n) is 8.75. The molecule has 0 aromatic heterocycles. The summed E-state index contributed by atoms with van der Waals surface area (Å²) in [7, 11) is 0. The van der Waals surface area contributed by atoms with Gasteiger partial charge in [-0.25, -0.2) is 0 Å². The third-order valence-corrected chi connectivity index (χ3v) is 6.41. The van der Waals surface area contributed by atoms with Gasteiger partial charge in [-0.3, -0.25) is 0 Å². The Labute approximate surface area is 179 Å². The molecular formula is C27H32O3. The summed E-state index contributed by atoms with van der Waals surface area (Å²) < 4.78 is 0. The van der Waals surface area contributed by atoms with Crippen LogP contribution < -0.4 is 0 Å². The number of rotatable bonds is 4. The lowest BCUT2D eigenvalue weighted by molar-refractivity contribution is 0.468. The SMILES string of the molecule is Cc1cc(C(C)C(c2cc(C)c(O)cc2C)c2cc(C)c(O)cc2C)c(C)cc1O. The zero-order valence-corrected chi connectivity index (χ0v) is 19.0. The van der Waals surface area contributed by atoms with Crippen molar-refractivity contribution in [1.29, 1.82) is 0 Å². The van der Waals surface area contributed by atoms with Gasteiger partial charge in [0.15, 0.2) is 0 Å². The lowest BCUT2D eigenvalue weighted by atomic mass is 9.73. The molecule has 0 radical (unpaired) electrons. The lowest BCUT2D eigenvalue weighted by Gasteiger charge is -2.30. The van der Waals surface area contributed by atoms with Crippen molar-refractivity contribution in [3.63, 3.8) is 0 Å². The van der Waals surface area contributed by atoms with Crippen LogP contribution in [0.2, 0.25) is 0 Å². The third kappa shape index (κ3) is 3.89. The predicted octanol–water partition coefficient (Wildman–Crippen LogP) is 6.59. The summed E-state index contributed by atoms with van der Waals surface area (Å²) in [4.78, 5) is 0. The Kier molecular flexibility index (Phi) is 5.85.